The van der Waals surface area contributed by atoms with Gasteiger partial charge >= 0.3 is 0 Å². The molecule has 2 rings (SSSR count). The van der Waals surface area contributed by atoms with E-state index in [1.807, 2.05) is 24.3 Å². The third-order valence-corrected chi connectivity index (χ3v) is 4.51. The molecule has 112 valence electrons. The van der Waals surface area contributed by atoms with E-state index in [-0.39, 0.29) is 6.10 Å². The zero-order valence-corrected chi connectivity index (χ0v) is 13.8. The highest BCUT2D eigenvalue weighted by Crippen LogP contribution is 2.20. The van der Waals surface area contributed by atoms with E-state index in [1.165, 1.54) is 25.9 Å². The number of rotatable bonds is 7. The third-order valence-electron chi connectivity index (χ3n) is 4.01. The maximum atomic E-state index is 10.2. The minimum Gasteiger partial charge on any atom is -0.388 e. The number of aliphatic hydroxyl groups excluding tert-OH is 1. The van der Waals surface area contributed by atoms with E-state index in [1.54, 1.807) is 0 Å². The minimum absolute atomic E-state index is 0.373. The molecule has 1 unspecified atom stereocenters. The first kappa shape index (κ1) is 16.0. The Bertz CT molecular complexity index is 407. The summed E-state index contributed by atoms with van der Waals surface area (Å²) in [6, 6.07) is 7.94. The first-order chi connectivity index (χ1) is 9.65. The van der Waals surface area contributed by atoms with Crippen molar-refractivity contribution in [2.45, 2.75) is 25.4 Å². The predicted octanol–water partition coefficient (Wildman–Crippen LogP) is 2.90. The number of aliphatic hydroxyl groups is 1. The second-order valence-electron chi connectivity index (χ2n) is 5.71. The fraction of sp³-hybridized carbons (Fsp3) is 0.625. The molecule has 1 N–H and O–H groups in total. The van der Waals surface area contributed by atoms with Gasteiger partial charge in [0.05, 0.1) is 6.10 Å². The standard InChI is InChI=1S/C16H25BrN2O/c1-18(11-12-19-8-2-3-9-19)10-7-16(20)14-5-4-6-15(17)13-14/h4-6,13,16,20H,2-3,7-12H2,1H3. The van der Waals surface area contributed by atoms with E-state index in [0.717, 1.165) is 36.1 Å². The van der Waals surface area contributed by atoms with Gasteiger partial charge in [0, 0.05) is 24.1 Å². The second kappa shape index (κ2) is 8.13. The fourth-order valence-electron chi connectivity index (χ4n) is 2.65. The molecule has 1 aromatic carbocycles. The van der Waals surface area contributed by atoms with Gasteiger partial charge in [-0.15, -0.1) is 0 Å². The molecule has 4 heteroatoms. The first-order valence-electron chi connectivity index (χ1n) is 7.49. The fourth-order valence-corrected chi connectivity index (χ4v) is 3.07. The number of hydrogen-bond donors (Lipinski definition) is 1. The van der Waals surface area contributed by atoms with E-state index in [2.05, 4.69) is 32.8 Å². The molecule has 1 atom stereocenters. The van der Waals surface area contributed by atoms with Crippen molar-refractivity contribution in [3.05, 3.63) is 34.3 Å². The highest BCUT2D eigenvalue weighted by Gasteiger charge is 2.13. The molecule has 0 radical (unpaired) electrons. The van der Waals surface area contributed by atoms with Crippen LogP contribution in [0, 0.1) is 0 Å². The summed E-state index contributed by atoms with van der Waals surface area (Å²) in [7, 11) is 2.14. The molecule has 1 aromatic rings. The van der Waals surface area contributed by atoms with Crippen molar-refractivity contribution in [1.82, 2.24) is 9.80 Å². The Morgan fingerprint density at radius 3 is 2.75 bits per heavy atom. The van der Waals surface area contributed by atoms with Crippen molar-refractivity contribution in [1.29, 1.82) is 0 Å². The minimum atomic E-state index is -0.373. The summed E-state index contributed by atoms with van der Waals surface area (Å²) in [5.41, 5.74) is 0.993. The average molecular weight is 341 g/mol. The summed E-state index contributed by atoms with van der Waals surface area (Å²) < 4.78 is 1.02. The van der Waals surface area contributed by atoms with Crippen molar-refractivity contribution >= 4 is 15.9 Å². The lowest BCUT2D eigenvalue weighted by Crippen LogP contribution is -2.32. The van der Waals surface area contributed by atoms with Crippen molar-refractivity contribution in [2.75, 3.05) is 39.8 Å². The van der Waals surface area contributed by atoms with Gasteiger partial charge in [-0.2, -0.15) is 0 Å². The smallest absolute Gasteiger partial charge is 0.0802 e. The molecule has 0 amide bonds. The summed E-state index contributed by atoms with van der Waals surface area (Å²) in [6.07, 6.45) is 3.12. The molecule has 3 nitrogen and oxygen atoms in total. The van der Waals surface area contributed by atoms with Gasteiger partial charge in [-0.1, -0.05) is 28.1 Å². The SMILES string of the molecule is CN(CCC(O)c1cccc(Br)c1)CCN1CCCC1. The lowest BCUT2D eigenvalue weighted by atomic mass is 10.1. The van der Waals surface area contributed by atoms with Gasteiger partial charge in [-0.25, -0.2) is 0 Å². The summed E-state index contributed by atoms with van der Waals surface area (Å²) in [4.78, 5) is 4.85. The van der Waals surface area contributed by atoms with Gasteiger partial charge in [-0.05, 0) is 57.1 Å². The number of likely N-dealkylation sites (N-methyl/N-ethyl adjacent to an activating group) is 1. The van der Waals surface area contributed by atoms with E-state index >= 15 is 0 Å². The number of benzene rings is 1. The second-order valence-corrected chi connectivity index (χ2v) is 6.63. The Kier molecular flexibility index (Phi) is 6.49. The molecular weight excluding hydrogens is 316 g/mol. The number of nitrogens with zero attached hydrogens (tertiary/aromatic N) is 2. The Hall–Kier alpha value is -0.420. The Morgan fingerprint density at radius 1 is 1.30 bits per heavy atom. The number of likely N-dealkylation sites (tertiary alicyclic amines) is 1. The highest BCUT2D eigenvalue weighted by molar-refractivity contribution is 9.10. The lowest BCUT2D eigenvalue weighted by molar-refractivity contribution is 0.145. The number of halogens is 1. The molecule has 20 heavy (non-hydrogen) atoms. The van der Waals surface area contributed by atoms with Crippen molar-refractivity contribution in [2.24, 2.45) is 0 Å². The topological polar surface area (TPSA) is 26.7 Å². The third kappa shape index (κ3) is 5.17. The molecule has 0 aliphatic carbocycles. The zero-order valence-electron chi connectivity index (χ0n) is 12.3. The summed E-state index contributed by atoms with van der Waals surface area (Å²) in [5, 5.41) is 10.2. The van der Waals surface area contributed by atoms with Crippen molar-refractivity contribution < 1.29 is 5.11 Å². The average Bonchev–Trinajstić information content (AvgIpc) is 2.95. The van der Waals surface area contributed by atoms with Gasteiger partial charge in [0.25, 0.3) is 0 Å². The highest BCUT2D eigenvalue weighted by atomic mass is 79.9. The van der Waals surface area contributed by atoms with Crippen molar-refractivity contribution in [3.8, 4) is 0 Å². The lowest BCUT2D eigenvalue weighted by Gasteiger charge is -2.22. The molecule has 1 fully saturated rings. The molecule has 0 saturated carbocycles. The van der Waals surface area contributed by atoms with Crippen LogP contribution >= 0.6 is 15.9 Å². The van der Waals surface area contributed by atoms with Gasteiger partial charge in [-0.3, -0.25) is 0 Å². The first-order valence-corrected chi connectivity index (χ1v) is 8.29. The van der Waals surface area contributed by atoms with Gasteiger partial charge in [0.1, 0.15) is 0 Å². The quantitative estimate of drug-likeness (QED) is 0.826. The van der Waals surface area contributed by atoms with Crippen LogP contribution < -0.4 is 0 Å². The van der Waals surface area contributed by atoms with Crippen LogP contribution in [0.15, 0.2) is 28.7 Å². The molecule has 0 bridgehead atoms. The maximum absolute atomic E-state index is 10.2. The van der Waals surface area contributed by atoms with Crippen LogP contribution in [0.5, 0.6) is 0 Å². The monoisotopic (exact) mass is 340 g/mol. The van der Waals surface area contributed by atoms with E-state index in [0.29, 0.717) is 0 Å². The maximum Gasteiger partial charge on any atom is 0.0802 e. The molecule has 0 spiro atoms. The Morgan fingerprint density at radius 2 is 2.05 bits per heavy atom. The van der Waals surface area contributed by atoms with Gasteiger partial charge in [0.2, 0.25) is 0 Å². The van der Waals surface area contributed by atoms with Gasteiger partial charge in [0.15, 0.2) is 0 Å². The summed E-state index contributed by atoms with van der Waals surface area (Å²) >= 11 is 3.45. The largest absolute Gasteiger partial charge is 0.388 e. The summed E-state index contributed by atoms with van der Waals surface area (Å²) in [6.45, 7) is 5.69. The normalized spacial score (nSPS) is 17.8. The Labute approximate surface area is 130 Å². The molecule has 1 heterocycles. The molecule has 1 aliphatic rings. The predicted molar refractivity (Wildman–Crippen MR) is 86.9 cm³/mol. The zero-order chi connectivity index (χ0) is 14.4. The van der Waals surface area contributed by atoms with Crippen LogP contribution in [0.3, 0.4) is 0 Å². The molecule has 1 saturated heterocycles. The van der Waals surface area contributed by atoms with Crippen LogP contribution in [0.25, 0.3) is 0 Å². The summed E-state index contributed by atoms with van der Waals surface area (Å²) in [5.74, 6) is 0. The molecule has 1 aliphatic heterocycles. The molecular formula is C16H25BrN2O. The van der Waals surface area contributed by atoms with E-state index < -0.39 is 0 Å². The van der Waals surface area contributed by atoms with Crippen LogP contribution in [0.1, 0.15) is 30.9 Å². The van der Waals surface area contributed by atoms with E-state index in [4.69, 9.17) is 0 Å². The Balaban J connectivity index is 1.68. The van der Waals surface area contributed by atoms with Gasteiger partial charge < -0.3 is 14.9 Å². The van der Waals surface area contributed by atoms with Crippen LogP contribution in [-0.4, -0.2) is 54.7 Å². The van der Waals surface area contributed by atoms with E-state index in [9.17, 15) is 5.11 Å². The van der Waals surface area contributed by atoms with Crippen LogP contribution in [0.2, 0.25) is 0 Å². The van der Waals surface area contributed by atoms with Crippen LogP contribution in [0.4, 0.5) is 0 Å². The molecule has 0 aromatic heterocycles. The van der Waals surface area contributed by atoms with Crippen LogP contribution in [-0.2, 0) is 0 Å². The van der Waals surface area contributed by atoms with Crippen molar-refractivity contribution in [3.63, 3.8) is 0 Å². The number of hydrogen-bond acceptors (Lipinski definition) is 3.